The largest absolute Gasteiger partial charge is 0.368 e. The van der Waals surface area contributed by atoms with E-state index in [2.05, 4.69) is 9.97 Å². The Hall–Kier alpha value is -2.02. The summed E-state index contributed by atoms with van der Waals surface area (Å²) in [5.41, 5.74) is 0.359. The highest BCUT2D eigenvalue weighted by Crippen LogP contribution is 2.25. The summed E-state index contributed by atoms with van der Waals surface area (Å²) in [7, 11) is 0. The SMILES string of the molecule is CC(C)N1C[C@H]2CN(C(=O)c3cnccn3)CC[C@@H]2OCC1=O. The van der Waals surface area contributed by atoms with Gasteiger partial charge < -0.3 is 14.5 Å². The standard InChI is InChI=1S/C16H22N4O3/c1-11(2)20-9-12-8-19(6-3-14(12)23-10-15(20)21)16(22)13-7-17-4-5-18-13/h4-5,7,11-12,14H,3,6,8-10H2,1-2H3/t12-,14+/m1/s1. The van der Waals surface area contributed by atoms with Crippen LogP contribution in [0.5, 0.6) is 0 Å². The third kappa shape index (κ3) is 3.34. The van der Waals surface area contributed by atoms with E-state index in [0.717, 1.165) is 6.42 Å². The van der Waals surface area contributed by atoms with E-state index in [9.17, 15) is 9.59 Å². The van der Waals surface area contributed by atoms with Crippen LogP contribution in [-0.2, 0) is 9.53 Å². The molecule has 124 valence electrons. The van der Waals surface area contributed by atoms with Gasteiger partial charge in [-0.15, -0.1) is 0 Å². The van der Waals surface area contributed by atoms with Crippen LogP contribution in [0.3, 0.4) is 0 Å². The van der Waals surface area contributed by atoms with Crippen LogP contribution < -0.4 is 0 Å². The Kier molecular flexibility index (Phi) is 4.56. The van der Waals surface area contributed by atoms with Crippen LogP contribution in [0.15, 0.2) is 18.6 Å². The maximum Gasteiger partial charge on any atom is 0.274 e. The highest BCUT2D eigenvalue weighted by molar-refractivity contribution is 5.92. The van der Waals surface area contributed by atoms with Gasteiger partial charge in [0, 0.05) is 44.0 Å². The minimum absolute atomic E-state index is 0.0289. The van der Waals surface area contributed by atoms with E-state index in [1.807, 2.05) is 18.7 Å². The molecule has 3 heterocycles. The molecule has 1 aromatic heterocycles. The Balaban J connectivity index is 1.72. The van der Waals surface area contributed by atoms with E-state index in [-0.39, 0.29) is 36.5 Å². The summed E-state index contributed by atoms with van der Waals surface area (Å²) in [6, 6.07) is 0.135. The molecule has 2 atom stereocenters. The van der Waals surface area contributed by atoms with Crippen molar-refractivity contribution >= 4 is 11.8 Å². The van der Waals surface area contributed by atoms with Crippen molar-refractivity contribution < 1.29 is 14.3 Å². The lowest BCUT2D eigenvalue weighted by Crippen LogP contribution is -2.50. The number of carbonyl (C=O) groups excluding carboxylic acids is 2. The molecular weight excluding hydrogens is 296 g/mol. The summed E-state index contributed by atoms with van der Waals surface area (Å²) in [5.74, 6) is 0.0580. The molecule has 0 aliphatic carbocycles. The van der Waals surface area contributed by atoms with Gasteiger partial charge in [-0.25, -0.2) is 4.98 Å². The number of nitrogens with zero attached hydrogens (tertiary/aromatic N) is 4. The van der Waals surface area contributed by atoms with E-state index >= 15 is 0 Å². The number of piperidine rings is 1. The summed E-state index contributed by atoms with van der Waals surface area (Å²) < 4.78 is 5.78. The molecule has 3 rings (SSSR count). The maximum atomic E-state index is 12.5. The van der Waals surface area contributed by atoms with Crippen molar-refractivity contribution in [2.75, 3.05) is 26.2 Å². The van der Waals surface area contributed by atoms with Crippen LogP contribution in [0.25, 0.3) is 0 Å². The Morgan fingerprint density at radius 1 is 1.35 bits per heavy atom. The lowest BCUT2D eigenvalue weighted by molar-refractivity contribution is -0.136. The molecule has 0 unspecified atom stereocenters. The summed E-state index contributed by atoms with van der Waals surface area (Å²) in [5, 5.41) is 0. The minimum atomic E-state index is -0.108. The fourth-order valence-electron chi connectivity index (χ4n) is 3.28. The molecule has 0 bridgehead atoms. The second-order valence-corrected chi connectivity index (χ2v) is 6.38. The quantitative estimate of drug-likeness (QED) is 0.797. The normalized spacial score (nSPS) is 25.3. The second-order valence-electron chi connectivity index (χ2n) is 6.38. The smallest absolute Gasteiger partial charge is 0.274 e. The van der Waals surface area contributed by atoms with Gasteiger partial charge in [-0.1, -0.05) is 0 Å². The summed E-state index contributed by atoms with van der Waals surface area (Å²) in [4.78, 5) is 36.4. The number of hydrogen-bond acceptors (Lipinski definition) is 5. The third-order valence-corrected chi connectivity index (χ3v) is 4.53. The molecule has 0 N–H and O–H groups in total. The van der Waals surface area contributed by atoms with Crippen LogP contribution in [0.1, 0.15) is 30.8 Å². The number of rotatable bonds is 2. The highest BCUT2D eigenvalue weighted by atomic mass is 16.5. The van der Waals surface area contributed by atoms with Crippen LogP contribution in [0.2, 0.25) is 0 Å². The predicted molar refractivity (Wildman–Crippen MR) is 82.6 cm³/mol. The zero-order chi connectivity index (χ0) is 16.4. The van der Waals surface area contributed by atoms with Gasteiger partial charge in [-0.2, -0.15) is 0 Å². The second kappa shape index (κ2) is 6.62. The van der Waals surface area contributed by atoms with E-state index in [1.165, 1.54) is 12.4 Å². The first-order chi connectivity index (χ1) is 11.1. The number of hydrogen-bond donors (Lipinski definition) is 0. The van der Waals surface area contributed by atoms with Gasteiger partial charge >= 0.3 is 0 Å². The fraction of sp³-hybridized carbons (Fsp3) is 0.625. The summed E-state index contributed by atoms with van der Waals surface area (Å²) in [6.07, 6.45) is 5.34. The number of ether oxygens (including phenoxy) is 1. The lowest BCUT2D eigenvalue weighted by atomic mass is 9.93. The number of amides is 2. The number of carbonyl (C=O) groups is 2. The first-order valence-corrected chi connectivity index (χ1v) is 8.02. The molecule has 2 saturated heterocycles. The molecule has 2 amide bonds. The Morgan fingerprint density at radius 2 is 2.17 bits per heavy atom. The van der Waals surface area contributed by atoms with Crippen molar-refractivity contribution in [3.05, 3.63) is 24.3 Å². The molecule has 0 aromatic carbocycles. The van der Waals surface area contributed by atoms with Gasteiger partial charge in [0.2, 0.25) is 5.91 Å². The maximum absolute atomic E-state index is 12.5. The molecular formula is C16H22N4O3. The Bertz CT molecular complexity index is 578. The fourth-order valence-corrected chi connectivity index (χ4v) is 3.28. The van der Waals surface area contributed by atoms with Crippen molar-refractivity contribution in [2.45, 2.75) is 32.4 Å². The lowest BCUT2D eigenvalue weighted by Gasteiger charge is -2.38. The molecule has 7 nitrogen and oxygen atoms in total. The first-order valence-electron chi connectivity index (χ1n) is 8.02. The van der Waals surface area contributed by atoms with Gasteiger partial charge in [0.25, 0.3) is 5.91 Å². The highest BCUT2D eigenvalue weighted by Gasteiger charge is 2.38. The molecule has 23 heavy (non-hydrogen) atoms. The van der Waals surface area contributed by atoms with Crippen molar-refractivity contribution in [3.63, 3.8) is 0 Å². The average molecular weight is 318 g/mol. The first kappa shape index (κ1) is 15.9. The van der Waals surface area contributed by atoms with Gasteiger partial charge in [0.1, 0.15) is 12.3 Å². The molecule has 7 heteroatoms. The molecule has 2 aliphatic rings. The monoisotopic (exact) mass is 318 g/mol. The molecule has 0 radical (unpaired) electrons. The van der Waals surface area contributed by atoms with E-state index in [0.29, 0.717) is 25.3 Å². The Morgan fingerprint density at radius 3 is 2.87 bits per heavy atom. The number of fused-ring (bicyclic) bond motifs is 1. The van der Waals surface area contributed by atoms with Gasteiger partial charge in [0.15, 0.2) is 0 Å². The van der Waals surface area contributed by atoms with Crippen LogP contribution in [0, 0.1) is 5.92 Å². The van der Waals surface area contributed by atoms with Crippen molar-refractivity contribution in [2.24, 2.45) is 5.92 Å². The number of likely N-dealkylation sites (tertiary alicyclic amines) is 1. The molecule has 2 fully saturated rings. The van der Waals surface area contributed by atoms with E-state index < -0.39 is 0 Å². The van der Waals surface area contributed by atoms with Crippen molar-refractivity contribution in [1.82, 2.24) is 19.8 Å². The zero-order valence-corrected chi connectivity index (χ0v) is 13.5. The molecule has 0 saturated carbocycles. The third-order valence-electron chi connectivity index (χ3n) is 4.53. The van der Waals surface area contributed by atoms with Gasteiger partial charge in [0.05, 0.1) is 12.3 Å². The molecule has 2 aliphatic heterocycles. The van der Waals surface area contributed by atoms with E-state index in [4.69, 9.17) is 4.74 Å². The van der Waals surface area contributed by atoms with Crippen LogP contribution in [-0.4, -0.2) is 70.0 Å². The van der Waals surface area contributed by atoms with Crippen molar-refractivity contribution in [3.8, 4) is 0 Å². The van der Waals surface area contributed by atoms with Crippen LogP contribution >= 0.6 is 0 Å². The summed E-state index contributed by atoms with van der Waals surface area (Å²) >= 11 is 0. The number of aromatic nitrogens is 2. The van der Waals surface area contributed by atoms with Crippen LogP contribution in [0.4, 0.5) is 0 Å². The van der Waals surface area contributed by atoms with E-state index in [1.54, 1.807) is 11.1 Å². The Labute approximate surface area is 135 Å². The van der Waals surface area contributed by atoms with Gasteiger partial charge in [-0.3, -0.25) is 14.6 Å². The molecule has 1 aromatic rings. The predicted octanol–water partition coefficient (Wildman–Crippen LogP) is 0.575. The minimum Gasteiger partial charge on any atom is -0.368 e. The zero-order valence-electron chi connectivity index (χ0n) is 13.5. The topological polar surface area (TPSA) is 75.6 Å². The van der Waals surface area contributed by atoms with Gasteiger partial charge in [-0.05, 0) is 20.3 Å². The average Bonchev–Trinajstić information content (AvgIpc) is 2.74. The molecule has 0 spiro atoms. The summed E-state index contributed by atoms with van der Waals surface area (Å²) in [6.45, 7) is 5.97. The van der Waals surface area contributed by atoms with Crippen molar-refractivity contribution in [1.29, 1.82) is 0 Å².